The number of amides is 1. The highest BCUT2D eigenvalue weighted by Gasteiger charge is 2.15. The Morgan fingerprint density at radius 2 is 2.17 bits per heavy atom. The zero-order valence-electron chi connectivity index (χ0n) is 13.7. The van der Waals surface area contributed by atoms with Gasteiger partial charge in [0.1, 0.15) is 5.75 Å². The number of hydrogen-bond acceptors (Lipinski definition) is 4. The summed E-state index contributed by atoms with van der Waals surface area (Å²) in [6.45, 7) is 0.535. The van der Waals surface area contributed by atoms with Crippen LogP contribution in [0.1, 0.15) is 16.5 Å². The molecule has 0 aliphatic heterocycles. The second-order valence-electron chi connectivity index (χ2n) is 5.35. The smallest absolute Gasteiger partial charge is 0.244 e. The van der Waals surface area contributed by atoms with Crippen LogP contribution in [-0.2, 0) is 4.79 Å². The Balaban J connectivity index is 1.98. The van der Waals surface area contributed by atoms with Crippen LogP contribution in [0.25, 0.3) is 6.08 Å². The molecule has 23 heavy (non-hydrogen) atoms. The molecule has 1 atom stereocenters. The summed E-state index contributed by atoms with van der Waals surface area (Å²) in [4.78, 5) is 15.1. The van der Waals surface area contributed by atoms with Gasteiger partial charge in [0.05, 0.1) is 13.2 Å². The van der Waals surface area contributed by atoms with Crippen LogP contribution in [0.5, 0.6) is 5.75 Å². The van der Waals surface area contributed by atoms with Crippen molar-refractivity contribution in [1.29, 1.82) is 0 Å². The van der Waals surface area contributed by atoms with Gasteiger partial charge in [-0.3, -0.25) is 4.79 Å². The molecule has 1 aromatic carbocycles. The number of hydrogen-bond donors (Lipinski definition) is 1. The molecule has 0 saturated carbocycles. The van der Waals surface area contributed by atoms with E-state index in [2.05, 4.69) is 10.2 Å². The van der Waals surface area contributed by atoms with E-state index in [1.54, 1.807) is 24.5 Å². The third kappa shape index (κ3) is 5.23. The maximum atomic E-state index is 12.0. The lowest BCUT2D eigenvalue weighted by Gasteiger charge is -2.25. The molecule has 0 saturated heterocycles. The van der Waals surface area contributed by atoms with Crippen LogP contribution in [0.2, 0.25) is 0 Å². The summed E-state index contributed by atoms with van der Waals surface area (Å²) in [7, 11) is 5.65. The van der Waals surface area contributed by atoms with Crippen LogP contribution in [0, 0.1) is 0 Å². The summed E-state index contributed by atoms with van der Waals surface area (Å²) in [6, 6.07) is 11.9. The lowest BCUT2D eigenvalue weighted by Crippen LogP contribution is -2.33. The Labute approximate surface area is 141 Å². The minimum atomic E-state index is -0.0897. The molecule has 2 aromatic rings. The molecule has 1 amide bonds. The molecule has 1 N–H and O–H groups in total. The molecule has 122 valence electrons. The summed E-state index contributed by atoms with van der Waals surface area (Å²) >= 11 is 1.61. The molecule has 0 bridgehead atoms. The summed E-state index contributed by atoms with van der Waals surface area (Å²) < 4.78 is 5.27. The third-order valence-electron chi connectivity index (χ3n) is 3.51. The van der Waals surface area contributed by atoms with Crippen LogP contribution in [-0.4, -0.2) is 38.6 Å². The number of methoxy groups -OCH3 is 1. The van der Waals surface area contributed by atoms with E-state index in [9.17, 15) is 4.79 Å². The lowest BCUT2D eigenvalue weighted by molar-refractivity contribution is -0.116. The molecule has 0 spiro atoms. The van der Waals surface area contributed by atoms with Crippen LogP contribution < -0.4 is 10.1 Å². The zero-order chi connectivity index (χ0) is 16.7. The molecule has 1 heterocycles. The number of carbonyl (C=O) groups excluding carboxylic acids is 1. The second kappa shape index (κ2) is 8.50. The fourth-order valence-electron chi connectivity index (χ4n) is 2.25. The van der Waals surface area contributed by atoms with E-state index in [1.165, 1.54) is 0 Å². The number of likely N-dealkylation sites (N-methyl/N-ethyl adjacent to an activating group) is 1. The van der Waals surface area contributed by atoms with Gasteiger partial charge in [0, 0.05) is 17.5 Å². The third-order valence-corrected chi connectivity index (χ3v) is 4.35. The molecular weight excluding hydrogens is 308 g/mol. The van der Waals surface area contributed by atoms with Crippen molar-refractivity contribution in [2.45, 2.75) is 6.04 Å². The van der Waals surface area contributed by atoms with Crippen LogP contribution in [0.3, 0.4) is 0 Å². The minimum absolute atomic E-state index is 0.0872. The number of carbonyl (C=O) groups is 1. The first-order valence-corrected chi connectivity index (χ1v) is 8.28. The van der Waals surface area contributed by atoms with Crippen molar-refractivity contribution in [1.82, 2.24) is 10.2 Å². The van der Waals surface area contributed by atoms with Gasteiger partial charge in [-0.2, -0.15) is 0 Å². The van der Waals surface area contributed by atoms with E-state index in [0.717, 1.165) is 16.2 Å². The maximum Gasteiger partial charge on any atom is 0.244 e. The number of ether oxygens (including phenoxy) is 1. The largest absolute Gasteiger partial charge is 0.497 e. The first-order valence-electron chi connectivity index (χ1n) is 7.40. The van der Waals surface area contributed by atoms with Gasteiger partial charge in [-0.15, -0.1) is 11.3 Å². The normalized spacial score (nSPS) is 12.5. The van der Waals surface area contributed by atoms with Gasteiger partial charge < -0.3 is 15.0 Å². The molecule has 4 nitrogen and oxygen atoms in total. The Morgan fingerprint density at radius 3 is 2.83 bits per heavy atom. The summed E-state index contributed by atoms with van der Waals surface area (Å²) in [5.74, 6) is 0.728. The number of thiophene rings is 1. The van der Waals surface area contributed by atoms with Gasteiger partial charge in [0.15, 0.2) is 0 Å². The predicted molar refractivity (Wildman–Crippen MR) is 95.8 cm³/mol. The van der Waals surface area contributed by atoms with Gasteiger partial charge >= 0.3 is 0 Å². The van der Waals surface area contributed by atoms with Gasteiger partial charge in [-0.05, 0) is 49.3 Å². The number of nitrogens with one attached hydrogen (secondary N) is 1. The highest BCUT2D eigenvalue weighted by molar-refractivity contribution is 7.10. The fourth-order valence-corrected chi connectivity index (χ4v) is 2.87. The standard InChI is InChI=1S/C18H22N2O2S/c1-20(2)17(14-6-4-7-15(12-14)22-3)13-19-18(21)10-9-16-8-5-11-23-16/h4-12,17H,13H2,1-3H3,(H,19,21)/b10-9-/t17-/m1/s1. The first-order chi connectivity index (χ1) is 11.1. The average molecular weight is 330 g/mol. The summed E-state index contributed by atoms with van der Waals surface area (Å²) in [5.41, 5.74) is 1.11. The monoisotopic (exact) mass is 330 g/mol. The quantitative estimate of drug-likeness (QED) is 0.793. The van der Waals surface area contributed by atoms with Gasteiger partial charge in [0.2, 0.25) is 5.91 Å². The average Bonchev–Trinajstić information content (AvgIpc) is 3.06. The molecule has 0 radical (unpaired) electrons. The second-order valence-corrected chi connectivity index (χ2v) is 6.33. The number of nitrogens with zero attached hydrogens (tertiary/aromatic N) is 1. The SMILES string of the molecule is COc1cccc([C@@H](CNC(=O)/C=C\c2cccs2)N(C)C)c1. The van der Waals surface area contributed by atoms with Crippen LogP contribution >= 0.6 is 11.3 Å². The molecule has 5 heteroatoms. The Morgan fingerprint density at radius 1 is 1.35 bits per heavy atom. The molecule has 0 aliphatic rings. The van der Waals surface area contributed by atoms with Crippen molar-refractivity contribution in [3.8, 4) is 5.75 Å². The molecule has 1 aromatic heterocycles. The van der Waals surface area contributed by atoms with Crippen molar-refractivity contribution in [2.75, 3.05) is 27.7 Å². The number of benzene rings is 1. The molecular formula is C18H22N2O2S. The van der Waals surface area contributed by atoms with E-state index in [-0.39, 0.29) is 11.9 Å². The topological polar surface area (TPSA) is 41.6 Å². The summed E-state index contributed by atoms with van der Waals surface area (Å²) in [6.07, 6.45) is 3.40. The van der Waals surface area contributed by atoms with E-state index in [4.69, 9.17) is 4.74 Å². The van der Waals surface area contributed by atoms with Crippen molar-refractivity contribution in [2.24, 2.45) is 0 Å². The first kappa shape index (κ1) is 17.2. The van der Waals surface area contributed by atoms with E-state index in [1.807, 2.05) is 61.9 Å². The molecule has 0 aliphatic carbocycles. The van der Waals surface area contributed by atoms with Gasteiger partial charge in [-0.25, -0.2) is 0 Å². The Hall–Kier alpha value is -2.11. The van der Waals surface area contributed by atoms with Crippen LogP contribution in [0.15, 0.2) is 47.9 Å². The van der Waals surface area contributed by atoms with Gasteiger partial charge in [0.25, 0.3) is 0 Å². The van der Waals surface area contributed by atoms with Crippen molar-refractivity contribution < 1.29 is 9.53 Å². The highest BCUT2D eigenvalue weighted by Crippen LogP contribution is 2.22. The molecule has 0 fully saturated rings. The van der Waals surface area contributed by atoms with E-state index < -0.39 is 0 Å². The lowest BCUT2D eigenvalue weighted by atomic mass is 10.1. The van der Waals surface area contributed by atoms with Gasteiger partial charge in [-0.1, -0.05) is 18.2 Å². The predicted octanol–water partition coefficient (Wildman–Crippen LogP) is 3.19. The maximum absolute atomic E-state index is 12.0. The zero-order valence-corrected chi connectivity index (χ0v) is 14.5. The van der Waals surface area contributed by atoms with Crippen molar-refractivity contribution in [3.05, 3.63) is 58.3 Å². The number of rotatable bonds is 7. The molecule has 2 rings (SSSR count). The highest BCUT2D eigenvalue weighted by atomic mass is 32.1. The van der Waals surface area contributed by atoms with E-state index >= 15 is 0 Å². The molecule has 0 unspecified atom stereocenters. The van der Waals surface area contributed by atoms with Crippen molar-refractivity contribution in [3.63, 3.8) is 0 Å². The van der Waals surface area contributed by atoms with Crippen molar-refractivity contribution >= 4 is 23.3 Å². The fraction of sp³-hybridized carbons (Fsp3) is 0.278. The minimum Gasteiger partial charge on any atom is -0.497 e. The summed E-state index contributed by atoms with van der Waals surface area (Å²) in [5, 5.41) is 4.95. The Kier molecular flexibility index (Phi) is 6.38. The van der Waals surface area contributed by atoms with E-state index in [0.29, 0.717) is 6.54 Å². The Bertz CT molecular complexity index is 651. The van der Waals surface area contributed by atoms with Crippen LogP contribution in [0.4, 0.5) is 0 Å².